The molecular formula is C13H16ClNO4. The van der Waals surface area contributed by atoms with Gasteiger partial charge in [0.05, 0.1) is 12.1 Å². The quantitative estimate of drug-likeness (QED) is 0.901. The predicted octanol–water partition coefficient (Wildman–Crippen LogP) is 2.28. The van der Waals surface area contributed by atoms with E-state index in [4.69, 9.17) is 21.4 Å². The van der Waals surface area contributed by atoms with Crippen molar-refractivity contribution >= 4 is 23.5 Å². The van der Waals surface area contributed by atoms with Crippen molar-refractivity contribution in [2.24, 2.45) is 0 Å². The van der Waals surface area contributed by atoms with Gasteiger partial charge in [-0.05, 0) is 32.0 Å². The second-order valence-electron chi connectivity index (χ2n) is 4.27. The molecule has 0 bridgehead atoms. The molecule has 5 nitrogen and oxygen atoms in total. The molecule has 0 aliphatic heterocycles. The number of carboxylic acid groups (broad SMARTS) is 1. The van der Waals surface area contributed by atoms with Crippen LogP contribution in [0.25, 0.3) is 0 Å². The van der Waals surface area contributed by atoms with Gasteiger partial charge in [0.25, 0.3) is 5.91 Å². The van der Waals surface area contributed by atoms with E-state index >= 15 is 0 Å². The van der Waals surface area contributed by atoms with Crippen LogP contribution in [0.2, 0.25) is 5.02 Å². The van der Waals surface area contributed by atoms with E-state index in [0.29, 0.717) is 16.3 Å². The fourth-order valence-electron chi connectivity index (χ4n) is 1.59. The lowest BCUT2D eigenvalue weighted by atomic mass is 10.1. The van der Waals surface area contributed by atoms with Gasteiger partial charge >= 0.3 is 5.97 Å². The van der Waals surface area contributed by atoms with Crippen LogP contribution in [-0.2, 0) is 4.79 Å². The van der Waals surface area contributed by atoms with Gasteiger partial charge in [-0.1, -0.05) is 11.6 Å². The van der Waals surface area contributed by atoms with Crippen LogP contribution in [0.1, 0.15) is 24.2 Å². The summed E-state index contributed by atoms with van der Waals surface area (Å²) < 4.78 is 5.04. The number of carboxylic acids is 1. The van der Waals surface area contributed by atoms with Crippen molar-refractivity contribution in [3.8, 4) is 5.75 Å². The van der Waals surface area contributed by atoms with Crippen molar-refractivity contribution in [2.75, 3.05) is 13.7 Å². The van der Waals surface area contributed by atoms with Gasteiger partial charge in [0.15, 0.2) is 0 Å². The van der Waals surface area contributed by atoms with E-state index in [-0.39, 0.29) is 18.5 Å². The molecule has 0 radical (unpaired) electrons. The number of aliphatic carboxylic acids is 1. The van der Waals surface area contributed by atoms with Crippen LogP contribution in [0, 0.1) is 0 Å². The van der Waals surface area contributed by atoms with E-state index in [9.17, 15) is 9.59 Å². The van der Waals surface area contributed by atoms with Gasteiger partial charge in [0.2, 0.25) is 0 Å². The summed E-state index contributed by atoms with van der Waals surface area (Å²) in [5.41, 5.74) is 0.344. The van der Waals surface area contributed by atoms with E-state index in [1.807, 2.05) is 0 Å². The lowest BCUT2D eigenvalue weighted by Gasteiger charge is -2.25. The SMILES string of the molecule is COc1cc(C(=O)N(CC(=O)O)C(C)C)ccc1Cl. The van der Waals surface area contributed by atoms with Crippen molar-refractivity contribution < 1.29 is 19.4 Å². The van der Waals surface area contributed by atoms with Crippen LogP contribution in [0.5, 0.6) is 5.75 Å². The number of halogens is 1. The molecule has 19 heavy (non-hydrogen) atoms. The molecule has 0 aliphatic rings. The van der Waals surface area contributed by atoms with Crippen LogP contribution >= 0.6 is 11.6 Å². The lowest BCUT2D eigenvalue weighted by Crippen LogP contribution is -2.40. The van der Waals surface area contributed by atoms with Gasteiger partial charge in [-0.15, -0.1) is 0 Å². The number of nitrogens with zero attached hydrogens (tertiary/aromatic N) is 1. The second kappa shape index (κ2) is 6.43. The van der Waals surface area contributed by atoms with Crippen LogP contribution in [-0.4, -0.2) is 41.6 Å². The number of ether oxygens (including phenoxy) is 1. The molecule has 1 rings (SSSR count). The molecule has 0 spiro atoms. The highest BCUT2D eigenvalue weighted by Crippen LogP contribution is 2.25. The Morgan fingerprint density at radius 1 is 1.42 bits per heavy atom. The number of amides is 1. The first-order valence-corrected chi connectivity index (χ1v) is 6.11. The number of hydrogen-bond donors (Lipinski definition) is 1. The Bertz CT molecular complexity index is 488. The highest BCUT2D eigenvalue weighted by Gasteiger charge is 2.22. The molecule has 0 fully saturated rings. The smallest absolute Gasteiger partial charge is 0.323 e. The minimum Gasteiger partial charge on any atom is -0.495 e. The lowest BCUT2D eigenvalue weighted by molar-refractivity contribution is -0.138. The monoisotopic (exact) mass is 285 g/mol. The third kappa shape index (κ3) is 3.86. The standard InChI is InChI=1S/C13H16ClNO4/c1-8(2)15(7-12(16)17)13(18)9-4-5-10(14)11(6-9)19-3/h4-6,8H,7H2,1-3H3,(H,16,17). The molecular weight excluding hydrogens is 270 g/mol. The minimum atomic E-state index is -1.05. The summed E-state index contributed by atoms with van der Waals surface area (Å²) in [6.45, 7) is 3.17. The first kappa shape index (κ1) is 15.3. The zero-order chi connectivity index (χ0) is 14.6. The maximum atomic E-state index is 12.3. The first-order chi connectivity index (χ1) is 8.86. The van der Waals surface area contributed by atoms with E-state index in [0.717, 1.165) is 0 Å². The Labute approximate surface area is 116 Å². The van der Waals surface area contributed by atoms with E-state index in [2.05, 4.69) is 0 Å². The topological polar surface area (TPSA) is 66.8 Å². The van der Waals surface area contributed by atoms with Gasteiger partial charge in [0.1, 0.15) is 12.3 Å². The Balaban J connectivity index is 3.06. The zero-order valence-electron chi connectivity index (χ0n) is 11.0. The predicted molar refractivity (Wildman–Crippen MR) is 71.8 cm³/mol. The number of hydrogen-bond acceptors (Lipinski definition) is 3. The fraction of sp³-hybridized carbons (Fsp3) is 0.385. The van der Waals surface area contributed by atoms with Crippen molar-refractivity contribution in [1.29, 1.82) is 0 Å². The van der Waals surface area contributed by atoms with Crippen LogP contribution in [0.4, 0.5) is 0 Å². The van der Waals surface area contributed by atoms with Crippen LogP contribution < -0.4 is 4.74 Å². The van der Waals surface area contributed by atoms with Gasteiger partial charge in [0, 0.05) is 11.6 Å². The molecule has 6 heteroatoms. The number of carbonyl (C=O) groups is 2. The Morgan fingerprint density at radius 3 is 2.53 bits per heavy atom. The van der Waals surface area contributed by atoms with Gasteiger partial charge < -0.3 is 14.7 Å². The molecule has 1 aromatic rings. The summed E-state index contributed by atoms with van der Waals surface area (Å²) in [7, 11) is 1.45. The van der Waals surface area contributed by atoms with Crippen molar-refractivity contribution in [1.82, 2.24) is 4.90 Å². The number of benzene rings is 1. The minimum absolute atomic E-state index is 0.217. The Kier molecular flexibility index (Phi) is 5.18. The first-order valence-electron chi connectivity index (χ1n) is 5.73. The average molecular weight is 286 g/mol. The molecule has 0 aromatic heterocycles. The maximum Gasteiger partial charge on any atom is 0.323 e. The normalized spacial score (nSPS) is 10.4. The third-order valence-corrected chi connectivity index (χ3v) is 2.90. The summed E-state index contributed by atoms with van der Waals surface area (Å²) in [4.78, 5) is 24.3. The molecule has 0 saturated carbocycles. The fourth-order valence-corrected chi connectivity index (χ4v) is 1.79. The largest absolute Gasteiger partial charge is 0.495 e. The summed E-state index contributed by atoms with van der Waals surface area (Å²) in [5, 5.41) is 9.23. The van der Waals surface area contributed by atoms with E-state index in [1.165, 1.54) is 18.1 Å². The summed E-state index contributed by atoms with van der Waals surface area (Å²) in [5.74, 6) is -1.04. The van der Waals surface area contributed by atoms with Gasteiger partial charge in [-0.25, -0.2) is 0 Å². The zero-order valence-corrected chi connectivity index (χ0v) is 11.8. The summed E-state index contributed by atoms with van der Waals surface area (Å²) >= 11 is 5.88. The average Bonchev–Trinajstić information content (AvgIpc) is 2.35. The maximum absolute atomic E-state index is 12.3. The number of methoxy groups -OCH3 is 1. The van der Waals surface area contributed by atoms with E-state index in [1.54, 1.807) is 26.0 Å². The summed E-state index contributed by atoms with van der Waals surface area (Å²) in [6.07, 6.45) is 0. The highest BCUT2D eigenvalue weighted by atomic mass is 35.5. The van der Waals surface area contributed by atoms with Crippen molar-refractivity contribution in [3.05, 3.63) is 28.8 Å². The third-order valence-electron chi connectivity index (χ3n) is 2.59. The molecule has 0 saturated heterocycles. The van der Waals surface area contributed by atoms with Crippen molar-refractivity contribution in [3.63, 3.8) is 0 Å². The molecule has 0 atom stereocenters. The Morgan fingerprint density at radius 2 is 2.05 bits per heavy atom. The number of carbonyl (C=O) groups excluding carboxylic acids is 1. The summed E-state index contributed by atoms with van der Waals surface area (Å²) in [6, 6.07) is 4.38. The van der Waals surface area contributed by atoms with Gasteiger partial charge in [-0.3, -0.25) is 9.59 Å². The molecule has 0 heterocycles. The van der Waals surface area contributed by atoms with Crippen molar-refractivity contribution in [2.45, 2.75) is 19.9 Å². The number of rotatable bonds is 5. The van der Waals surface area contributed by atoms with Crippen LogP contribution in [0.3, 0.4) is 0 Å². The molecule has 1 aromatic carbocycles. The molecule has 0 aliphatic carbocycles. The molecule has 0 unspecified atom stereocenters. The highest BCUT2D eigenvalue weighted by molar-refractivity contribution is 6.32. The Hall–Kier alpha value is -1.75. The van der Waals surface area contributed by atoms with Crippen LogP contribution in [0.15, 0.2) is 18.2 Å². The molecule has 1 amide bonds. The molecule has 1 N–H and O–H groups in total. The van der Waals surface area contributed by atoms with E-state index < -0.39 is 5.97 Å². The molecule has 104 valence electrons. The van der Waals surface area contributed by atoms with Gasteiger partial charge in [-0.2, -0.15) is 0 Å². The second-order valence-corrected chi connectivity index (χ2v) is 4.68.